The Hall–Kier alpha value is -0.640. The largest absolute Gasteiger partial charge is 0.323 e. The van der Waals surface area contributed by atoms with Gasteiger partial charge in [0.15, 0.2) is 0 Å². The first-order valence-corrected chi connectivity index (χ1v) is 7.83. The van der Waals surface area contributed by atoms with Crippen molar-refractivity contribution in [3.05, 3.63) is 43.8 Å². The minimum atomic E-state index is 0.160. The molecule has 2 heterocycles. The molecule has 0 fully saturated rings. The van der Waals surface area contributed by atoms with E-state index in [1.807, 2.05) is 11.3 Å². The van der Waals surface area contributed by atoms with E-state index in [9.17, 15) is 0 Å². The maximum Gasteiger partial charge on any atom is 0.0441 e. The van der Waals surface area contributed by atoms with E-state index in [0.29, 0.717) is 0 Å². The van der Waals surface area contributed by atoms with Gasteiger partial charge in [-0.05, 0) is 42.0 Å². The summed E-state index contributed by atoms with van der Waals surface area (Å²) in [5.41, 5.74) is 7.73. The lowest BCUT2D eigenvalue weighted by Gasteiger charge is -2.10. The van der Waals surface area contributed by atoms with Gasteiger partial charge in [-0.25, -0.2) is 0 Å². The summed E-state index contributed by atoms with van der Waals surface area (Å²) in [5, 5.41) is 2.15. The van der Waals surface area contributed by atoms with Crippen molar-refractivity contribution in [2.75, 3.05) is 0 Å². The maximum absolute atomic E-state index is 6.32. The Labute approximate surface area is 111 Å². The van der Waals surface area contributed by atoms with Gasteiger partial charge in [0.2, 0.25) is 0 Å². The van der Waals surface area contributed by atoms with Crippen LogP contribution in [0.15, 0.2) is 23.6 Å². The molecule has 0 bridgehead atoms. The molecule has 2 aromatic rings. The summed E-state index contributed by atoms with van der Waals surface area (Å²) in [6.07, 6.45) is 3.18. The van der Waals surface area contributed by atoms with E-state index in [1.54, 1.807) is 11.3 Å². The normalized spacial score (nSPS) is 12.9. The van der Waals surface area contributed by atoms with Gasteiger partial charge in [-0.15, -0.1) is 22.7 Å². The van der Waals surface area contributed by atoms with E-state index in [0.717, 1.165) is 19.3 Å². The Morgan fingerprint density at radius 1 is 1.12 bits per heavy atom. The van der Waals surface area contributed by atoms with Gasteiger partial charge in [0, 0.05) is 27.1 Å². The lowest BCUT2D eigenvalue weighted by Crippen LogP contribution is -2.12. The predicted molar refractivity (Wildman–Crippen MR) is 78.0 cm³/mol. The molecule has 0 amide bonds. The Kier molecular flexibility index (Phi) is 4.37. The van der Waals surface area contributed by atoms with Gasteiger partial charge in [-0.1, -0.05) is 13.8 Å². The lowest BCUT2D eigenvalue weighted by molar-refractivity contribution is 0.736. The van der Waals surface area contributed by atoms with E-state index < -0.39 is 0 Å². The molecule has 1 unspecified atom stereocenters. The number of thiophene rings is 2. The van der Waals surface area contributed by atoms with Crippen molar-refractivity contribution >= 4 is 22.7 Å². The summed E-state index contributed by atoms with van der Waals surface area (Å²) in [7, 11) is 0. The summed E-state index contributed by atoms with van der Waals surface area (Å²) < 4.78 is 0. The fraction of sp³-hybridized carbons (Fsp3) is 0.429. The zero-order valence-corrected chi connectivity index (χ0v) is 12.0. The van der Waals surface area contributed by atoms with Crippen molar-refractivity contribution in [1.82, 2.24) is 0 Å². The molecular formula is C14H19NS2. The Morgan fingerprint density at radius 3 is 2.53 bits per heavy atom. The van der Waals surface area contributed by atoms with Crippen molar-refractivity contribution in [3.8, 4) is 0 Å². The van der Waals surface area contributed by atoms with Crippen LogP contribution >= 0.6 is 22.7 Å². The minimum absolute atomic E-state index is 0.160. The molecule has 0 saturated heterocycles. The third-order valence-corrected chi connectivity index (χ3v) is 5.33. The van der Waals surface area contributed by atoms with Gasteiger partial charge in [-0.3, -0.25) is 0 Å². The SMILES string of the molecule is CCc1ccc(CC(N)c2sccc2CC)s1. The topological polar surface area (TPSA) is 26.0 Å². The van der Waals surface area contributed by atoms with Crippen molar-refractivity contribution in [1.29, 1.82) is 0 Å². The highest BCUT2D eigenvalue weighted by molar-refractivity contribution is 7.12. The first-order chi connectivity index (χ1) is 8.24. The average Bonchev–Trinajstić information content (AvgIpc) is 2.96. The summed E-state index contributed by atoms with van der Waals surface area (Å²) in [4.78, 5) is 4.22. The van der Waals surface area contributed by atoms with Gasteiger partial charge < -0.3 is 5.73 Å². The average molecular weight is 265 g/mol. The highest BCUT2D eigenvalue weighted by Gasteiger charge is 2.13. The second kappa shape index (κ2) is 5.80. The van der Waals surface area contributed by atoms with Crippen LogP contribution in [-0.4, -0.2) is 0 Å². The molecule has 0 aliphatic rings. The summed E-state index contributed by atoms with van der Waals surface area (Å²) in [5.74, 6) is 0. The van der Waals surface area contributed by atoms with E-state index in [1.165, 1.54) is 20.2 Å². The van der Waals surface area contributed by atoms with Crippen molar-refractivity contribution in [2.24, 2.45) is 5.73 Å². The molecule has 1 atom stereocenters. The second-order valence-electron chi connectivity index (χ2n) is 4.20. The molecule has 0 radical (unpaired) electrons. The Balaban J connectivity index is 2.08. The standard InChI is InChI=1S/C14H19NS2/c1-3-10-7-8-16-14(10)13(15)9-12-6-5-11(4-2)17-12/h5-8,13H,3-4,9,15H2,1-2H3. The third kappa shape index (κ3) is 2.97. The van der Waals surface area contributed by atoms with Crippen LogP contribution in [0, 0.1) is 0 Å². The van der Waals surface area contributed by atoms with Crippen LogP contribution in [-0.2, 0) is 19.3 Å². The fourth-order valence-electron chi connectivity index (χ4n) is 2.00. The van der Waals surface area contributed by atoms with E-state index in [4.69, 9.17) is 5.73 Å². The zero-order valence-electron chi connectivity index (χ0n) is 10.4. The van der Waals surface area contributed by atoms with Crippen LogP contribution < -0.4 is 5.73 Å². The second-order valence-corrected chi connectivity index (χ2v) is 6.40. The number of nitrogens with two attached hydrogens (primary N) is 1. The molecule has 0 saturated carbocycles. The predicted octanol–water partition coefficient (Wildman–Crippen LogP) is 4.18. The van der Waals surface area contributed by atoms with Crippen LogP contribution in [0.4, 0.5) is 0 Å². The lowest BCUT2D eigenvalue weighted by atomic mass is 10.1. The van der Waals surface area contributed by atoms with Gasteiger partial charge >= 0.3 is 0 Å². The molecule has 2 rings (SSSR count). The number of rotatable bonds is 5. The number of aryl methyl sites for hydroxylation is 2. The van der Waals surface area contributed by atoms with Gasteiger partial charge in [0.05, 0.1) is 0 Å². The zero-order chi connectivity index (χ0) is 12.3. The molecule has 92 valence electrons. The third-order valence-electron chi connectivity index (χ3n) is 2.99. The van der Waals surface area contributed by atoms with Crippen LogP contribution in [0.3, 0.4) is 0 Å². The van der Waals surface area contributed by atoms with Gasteiger partial charge in [0.25, 0.3) is 0 Å². The quantitative estimate of drug-likeness (QED) is 0.862. The van der Waals surface area contributed by atoms with Crippen molar-refractivity contribution < 1.29 is 0 Å². The van der Waals surface area contributed by atoms with Crippen LogP contribution in [0.5, 0.6) is 0 Å². The van der Waals surface area contributed by atoms with Gasteiger partial charge in [0.1, 0.15) is 0 Å². The highest BCUT2D eigenvalue weighted by Crippen LogP contribution is 2.28. The molecule has 0 aliphatic carbocycles. The molecule has 2 N–H and O–H groups in total. The summed E-state index contributed by atoms with van der Waals surface area (Å²) in [6.45, 7) is 4.39. The van der Waals surface area contributed by atoms with Crippen LogP contribution in [0.1, 0.15) is 40.1 Å². The van der Waals surface area contributed by atoms with E-state index >= 15 is 0 Å². The first-order valence-electron chi connectivity index (χ1n) is 6.14. The molecule has 0 aliphatic heterocycles. The van der Waals surface area contributed by atoms with Crippen molar-refractivity contribution in [3.63, 3.8) is 0 Å². The molecular weight excluding hydrogens is 246 g/mol. The van der Waals surface area contributed by atoms with E-state index in [-0.39, 0.29) is 6.04 Å². The summed E-state index contributed by atoms with van der Waals surface area (Å²) >= 11 is 3.69. The molecule has 3 heteroatoms. The van der Waals surface area contributed by atoms with E-state index in [2.05, 4.69) is 37.4 Å². The summed E-state index contributed by atoms with van der Waals surface area (Å²) in [6, 6.07) is 6.81. The monoisotopic (exact) mass is 265 g/mol. The van der Waals surface area contributed by atoms with Crippen molar-refractivity contribution in [2.45, 2.75) is 39.2 Å². The number of hydrogen-bond acceptors (Lipinski definition) is 3. The molecule has 1 nitrogen and oxygen atoms in total. The Morgan fingerprint density at radius 2 is 1.88 bits per heavy atom. The molecule has 0 aromatic carbocycles. The Bertz CT molecular complexity index is 470. The molecule has 17 heavy (non-hydrogen) atoms. The minimum Gasteiger partial charge on any atom is -0.323 e. The maximum atomic E-state index is 6.32. The van der Waals surface area contributed by atoms with Crippen LogP contribution in [0.2, 0.25) is 0 Å². The molecule has 2 aromatic heterocycles. The first kappa shape index (κ1) is 12.8. The van der Waals surface area contributed by atoms with Crippen LogP contribution in [0.25, 0.3) is 0 Å². The smallest absolute Gasteiger partial charge is 0.0441 e. The van der Waals surface area contributed by atoms with Gasteiger partial charge in [-0.2, -0.15) is 0 Å². The fourth-order valence-corrected chi connectivity index (χ4v) is 4.01. The highest BCUT2D eigenvalue weighted by atomic mass is 32.1. The molecule has 0 spiro atoms. The number of hydrogen-bond donors (Lipinski definition) is 1.